The molecule has 2 heterocycles. The second-order valence-electron chi connectivity index (χ2n) is 11.7. The lowest BCUT2D eigenvalue weighted by Crippen LogP contribution is -2.61. The van der Waals surface area contributed by atoms with Gasteiger partial charge in [0.1, 0.15) is 24.9 Å². The van der Waals surface area contributed by atoms with Crippen molar-refractivity contribution in [2.45, 2.75) is 140 Å². The molecule has 0 saturated carbocycles. The molecule has 2 aliphatic heterocycles. The van der Waals surface area contributed by atoms with E-state index in [-0.39, 0.29) is 24.6 Å². The van der Waals surface area contributed by atoms with Crippen molar-refractivity contribution < 1.29 is 33.3 Å². The molecule has 0 bridgehead atoms. The Morgan fingerprint density at radius 1 is 0.690 bits per heavy atom. The molecule has 236 valence electrons. The summed E-state index contributed by atoms with van der Waals surface area (Å²) in [5, 5.41) is 0. The Morgan fingerprint density at radius 3 is 1.83 bits per heavy atom. The van der Waals surface area contributed by atoms with Gasteiger partial charge in [0, 0.05) is 33.5 Å². The van der Waals surface area contributed by atoms with Gasteiger partial charge in [0.05, 0.1) is 6.10 Å². The average molecular weight is 587 g/mol. The van der Waals surface area contributed by atoms with E-state index in [0.29, 0.717) is 19.3 Å². The van der Waals surface area contributed by atoms with Crippen LogP contribution in [0.4, 0.5) is 0 Å². The molecule has 2 aliphatic rings. The van der Waals surface area contributed by atoms with Crippen molar-refractivity contribution in [3.05, 3.63) is 48.0 Å². The molecule has 0 amide bonds. The van der Waals surface area contributed by atoms with E-state index in [1.807, 2.05) is 30.3 Å². The number of carbonyl (C=O) groups is 2. The minimum atomic E-state index is -0.741. The summed E-state index contributed by atoms with van der Waals surface area (Å²) in [7, 11) is 3.22. The molecule has 7 heteroatoms. The second kappa shape index (κ2) is 20.6. The van der Waals surface area contributed by atoms with Crippen LogP contribution in [0.5, 0.6) is 0 Å². The van der Waals surface area contributed by atoms with Gasteiger partial charge in [-0.25, -0.2) is 0 Å². The van der Waals surface area contributed by atoms with Crippen LogP contribution in [-0.2, 0) is 39.7 Å². The summed E-state index contributed by atoms with van der Waals surface area (Å²) in [4.78, 5) is 25.6. The van der Waals surface area contributed by atoms with E-state index in [1.54, 1.807) is 14.2 Å². The number of hydrogen-bond donors (Lipinski definition) is 0. The molecule has 1 fully saturated rings. The number of carbonyl (C=O) groups excluding carboxylic acids is 2. The molecule has 0 unspecified atom stereocenters. The zero-order valence-electron chi connectivity index (χ0n) is 26.0. The zero-order valence-corrected chi connectivity index (χ0v) is 26.0. The maximum atomic E-state index is 13.0. The van der Waals surface area contributed by atoms with Gasteiger partial charge in [0.25, 0.3) is 0 Å². The number of hydrogen-bond acceptors (Lipinski definition) is 7. The van der Waals surface area contributed by atoms with Crippen molar-refractivity contribution in [3.8, 4) is 0 Å². The fourth-order valence-corrected chi connectivity index (χ4v) is 6.00. The molecule has 42 heavy (non-hydrogen) atoms. The molecular weight excluding hydrogens is 532 g/mol. The summed E-state index contributed by atoms with van der Waals surface area (Å²) in [6.07, 6.45) is 18.7. The van der Waals surface area contributed by atoms with Gasteiger partial charge in [-0.15, -0.1) is 0 Å². The lowest BCUT2D eigenvalue weighted by Gasteiger charge is -2.45. The summed E-state index contributed by atoms with van der Waals surface area (Å²) < 4.78 is 29.9. The first-order chi connectivity index (χ1) is 20.6. The van der Waals surface area contributed by atoms with E-state index >= 15 is 0 Å². The highest BCUT2D eigenvalue weighted by atomic mass is 16.6. The summed E-state index contributed by atoms with van der Waals surface area (Å²) >= 11 is 0. The van der Waals surface area contributed by atoms with E-state index in [4.69, 9.17) is 23.7 Å². The van der Waals surface area contributed by atoms with Gasteiger partial charge in [-0.05, 0) is 44.1 Å². The third-order valence-corrected chi connectivity index (χ3v) is 8.40. The van der Waals surface area contributed by atoms with Crippen LogP contribution in [0.25, 0.3) is 0 Å². The Labute approximate surface area is 253 Å². The molecule has 0 spiro atoms. The SMILES string of the molecule is CO[C@@H]1[C@@H](OC)[C@H](Cc2ccccc2)O[C@@H]2COC(=O)CCCCCCCC/C=C/CCCCCCCCC(=O)O[C@@H]12. The number of allylic oxidation sites excluding steroid dienone is 2. The smallest absolute Gasteiger partial charge is 0.306 e. The minimum Gasteiger partial charge on any atom is -0.463 e. The van der Waals surface area contributed by atoms with Crippen molar-refractivity contribution in [2.24, 2.45) is 0 Å². The molecule has 1 aromatic rings. The monoisotopic (exact) mass is 586 g/mol. The number of rotatable bonds is 4. The van der Waals surface area contributed by atoms with Crippen LogP contribution in [0.1, 0.15) is 108 Å². The molecule has 0 aromatic heterocycles. The van der Waals surface area contributed by atoms with Crippen molar-refractivity contribution in [1.29, 1.82) is 0 Å². The quantitative estimate of drug-likeness (QED) is 0.271. The van der Waals surface area contributed by atoms with Crippen LogP contribution in [0.3, 0.4) is 0 Å². The van der Waals surface area contributed by atoms with Crippen LogP contribution < -0.4 is 0 Å². The molecule has 0 aliphatic carbocycles. The topological polar surface area (TPSA) is 80.3 Å². The molecule has 7 nitrogen and oxygen atoms in total. The Hall–Kier alpha value is -2.22. The van der Waals surface area contributed by atoms with Crippen LogP contribution in [0, 0.1) is 0 Å². The zero-order chi connectivity index (χ0) is 29.8. The van der Waals surface area contributed by atoms with Crippen LogP contribution in [-0.4, -0.2) is 63.3 Å². The largest absolute Gasteiger partial charge is 0.463 e. The van der Waals surface area contributed by atoms with E-state index in [2.05, 4.69) is 12.2 Å². The first kappa shape index (κ1) is 34.3. The Kier molecular flexibility index (Phi) is 16.8. The minimum absolute atomic E-state index is 0.00584. The first-order valence-electron chi connectivity index (χ1n) is 16.4. The Bertz CT molecular complexity index is 902. The van der Waals surface area contributed by atoms with Gasteiger partial charge in [-0.1, -0.05) is 93.9 Å². The Balaban J connectivity index is 1.65. The highest BCUT2D eigenvalue weighted by molar-refractivity contribution is 5.70. The third-order valence-electron chi connectivity index (χ3n) is 8.40. The molecule has 1 aromatic carbocycles. The Morgan fingerprint density at radius 2 is 1.24 bits per heavy atom. The lowest BCUT2D eigenvalue weighted by molar-refractivity contribution is -0.251. The van der Waals surface area contributed by atoms with E-state index in [1.165, 1.54) is 38.5 Å². The number of esters is 2. The molecule has 1 saturated heterocycles. The van der Waals surface area contributed by atoms with Gasteiger partial charge in [-0.2, -0.15) is 0 Å². The van der Waals surface area contributed by atoms with Crippen LogP contribution in [0.2, 0.25) is 0 Å². The molecule has 3 rings (SSSR count). The summed E-state index contributed by atoms with van der Waals surface area (Å²) in [5.41, 5.74) is 1.10. The lowest BCUT2D eigenvalue weighted by atomic mass is 9.91. The molecular formula is C35H54O7. The summed E-state index contributed by atoms with van der Waals surface area (Å²) in [6.45, 7) is 0.00584. The third kappa shape index (κ3) is 12.6. The van der Waals surface area contributed by atoms with Gasteiger partial charge in [0.15, 0.2) is 6.10 Å². The maximum absolute atomic E-state index is 13.0. The molecule has 0 N–H and O–H groups in total. The van der Waals surface area contributed by atoms with Crippen molar-refractivity contribution in [2.75, 3.05) is 20.8 Å². The number of fused-ring (bicyclic) bond motifs is 1. The molecule has 0 radical (unpaired) electrons. The van der Waals surface area contributed by atoms with Crippen molar-refractivity contribution in [3.63, 3.8) is 0 Å². The van der Waals surface area contributed by atoms with Crippen molar-refractivity contribution >= 4 is 11.9 Å². The number of ether oxygens (including phenoxy) is 5. The van der Waals surface area contributed by atoms with Gasteiger partial charge < -0.3 is 23.7 Å². The van der Waals surface area contributed by atoms with Gasteiger partial charge in [-0.3, -0.25) is 9.59 Å². The highest BCUT2D eigenvalue weighted by Crippen LogP contribution is 2.30. The normalized spacial score (nSPS) is 29.6. The van der Waals surface area contributed by atoms with E-state index in [9.17, 15) is 9.59 Å². The fourth-order valence-electron chi connectivity index (χ4n) is 6.00. The van der Waals surface area contributed by atoms with Crippen molar-refractivity contribution in [1.82, 2.24) is 0 Å². The molecule has 5 atom stereocenters. The van der Waals surface area contributed by atoms with E-state index in [0.717, 1.165) is 56.9 Å². The maximum Gasteiger partial charge on any atom is 0.306 e. The van der Waals surface area contributed by atoms with Crippen LogP contribution in [0.15, 0.2) is 42.5 Å². The fraction of sp³-hybridized carbons (Fsp3) is 0.714. The number of methoxy groups -OCH3 is 2. The summed E-state index contributed by atoms with van der Waals surface area (Å²) in [5.74, 6) is -0.532. The van der Waals surface area contributed by atoms with Crippen LogP contribution >= 0.6 is 0 Å². The predicted octanol–water partition coefficient (Wildman–Crippen LogP) is 7.29. The second-order valence-corrected chi connectivity index (χ2v) is 11.7. The number of cyclic esters (lactones) is 1. The average Bonchev–Trinajstić information content (AvgIpc) is 3.00. The first-order valence-corrected chi connectivity index (χ1v) is 16.4. The number of benzene rings is 1. The van der Waals surface area contributed by atoms with Gasteiger partial charge in [0.2, 0.25) is 0 Å². The van der Waals surface area contributed by atoms with E-state index < -0.39 is 24.4 Å². The predicted molar refractivity (Wildman–Crippen MR) is 164 cm³/mol. The highest BCUT2D eigenvalue weighted by Gasteiger charge is 2.49. The summed E-state index contributed by atoms with van der Waals surface area (Å²) in [6, 6.07) is 10.1. The standard InChI is InChI=1S/C35H54O7/c1-38-33-29(26-28-22-18-17-19-23-28)41-30-27-40-31(36)24-20-15-13-11-9-7-5-3-4-6-8-10-12-14-16-21-25-32(37)42-34(30)35(33)39-2/h3-4,17-19,22-23,29-30,33-35H,5-16,20-21,24-27H2,1-2H3/b4-3+/t29-,30+,33-,34+,35+/m0/s1. The van der Waals surface area contributed by atoms with Gasteiger partial charge >= 0.3 is 11.9 Å².